The molecule has 0 radical (unpaired) electrons. The molecule has 0 unspecified atom stereocenters. The lowest BCUT2D eigenvalue weighted by atomic mass is 10.1. The van der Waals surface area contributed by atoms with Crippen LogP contribution < -0.4 is 4.74 Å². The van der Waals surface area contributed by atoms with Gasteiger partial charge in [-0.15, -0.1) is 11.3 Å². The molecule has 3 aromatic rings. The number of esters is 1. The molecule has 0 saturated heterocycles. The Labute approximate surface area is 114 Å². The summed E-state index contributed by atoms with van der Waals surface area (Å²) in [5, 5.41) is 3.24. The summed E-state index contributed by atoms with van der Waals surface area (Å²) in [4.78, 5) is 15.1. The minimum Gasteiger partial charge on any atom is -0.427 e. The second-order valence-corrected chi connectivity index (χ2v) is 5.05. The van der Waals surface area contributed by atoms with E-state index < -0.39 is 0 Å². The van der Waals surface area contributed by atoms with Crippen LogP contribution in [0.5, 0.6) is 5.75 Å². The number of aromatic nitrogens is 1. The molecular weight excluding hydrogens is 258 g/mol. The van der Waals surface area contributed by atoms with E-state index in [4.69, 9.17) is 4.74 Å². The number of hydrogen-bond donors (Lipinski definition) is 0. The van der Waals surface area contributed by atoms with Gasteiger partial charge in [-0.1, -0.05) is 6.07 Å². The fourth-order valence-corrected chi connectivity index (χ4v) is 2.98. The van der Waals surface area contributed by atoms with E-state index in [0.717, 1.165) is 21.2 Å². The van der Waals surface area contributed by atoms with Gasteiger partial charge >= 0.3 is 5.97 Å². The normalized spacial score (nSPS) is 10.6. The van der Waals surface area contributed by atoms with Gasteiger partial charge in [0, 0.05) is 40.5 Å². The van der Waals surface area contributed by atoms with Crippen molar-refractivity contribution in [1.29, 1.82) is 0 Å². The van der Waals surface area contributed by atoms with Gasteiger partial charge in [-0.3, -0.25) is 9.78 Å². The summed E-state index contributed by atoms with van der Waals surface area (Å²) in [6.07, 6.45) is 3.61. The number of thiophene rings is 1. The number of pyridine rings is 1. The molecule has 0 N–H and O–H groups in total. The van der Waals surface area contributed by atoms with Gasteiger partial charge in [0.1, 0.15) is 5.75 Å². The summed E-state index contributed by atoms with van der Waals surface area (Å²) < 4.78 is 6.19. The average molecular weight is 269 g/mol. The molecule has 4 heteroatoms. The molecule has 94 valence electrons. The highest BCUT2D eigenvalue weighted by atomic mass is 32.1. The first kappa shape index (κ1) is 11.9. The zero-order chi connectivity index (χ0) is 13.2. The average Bonchev–Trinajstić information content (AvgIpc) is 2.82. The molecule has 1 aromatic carbocycles. The minimum absolute atomic E-state index is 0.302. The Bertz CT molecular complexity index is 734. The van der Waals surface area contributed by atoms with Crippen molar-refractivity contribution in [2.45, 2.75) is 6.92 Å². The van der Waals surface area contributed by atoms with E-state index in [1.165, 1.54) is 6.92 Å². The van der Waals surface area contributed by atoms with Crippen molar-refractivity contribution in [2.75, 3.05) is 0 Å². The summed E-state index contributed by atoms with van der Waals surface area (Å²) >= 11 is 1.63. The number of benzene rings is 1. The lowest BCUT2D eigenvalue weighted by Crippen LogP contribution is -2.00. The molecule has 2 heterocycles. The third-order valence-corrected chi connectivity index (χ3v) is 3.73. The standard InChI is InChI=1S/C15H11NO2S/c1-10(17)18-12-4-5-13-14(9-19-15(13)7-12)11-3-2-6-16-8-11/h2-9H,1H3. The van der Waals surface area contributed by atoms with Crippen LogP contribution in [0.25, 0.3) is 21.2 Å². The van der Waals surface area contributed by atoms with E-state index in [0.29, 0.717) is 5.75 Å². The Morgan fingerprint density at radius 1 is 1.32 bits per heavy atom. The second-order valence-electron chi connectivity index (χ2n) is 4.14. The van der Waals surface area contributed by atoms with Crippen LogP contribution in [-0.2, 0) is 4.79 Å². The van der Waals surface area contributed by atoms with E-state index in [1.807, 2.05) is 36.5 Å². The highest BCUT2D eigenvalue weighted by molar-refractivity contribution is 7.17. The van der Waals surface area contributed by atoms with Crippen LogP contribution in [0.3, 0.4) is 0 Å². The molecular formula is C15H11NO2S. The SMILES string of the molecule is CC(=O)Oc1ccc2c(-c3cccnc3)csc2c1. The van der Waals surface area contributed by atoms with Crippen LogP contribution >= 0.6 is 11.3 Å². The van der Waals surface area contributed by atoms with E-state index in [2.05, 4.69) is 10.4 Å². The van der Waals surface area contributed by atoms with Crippen molar-refractivity contribution < 1.29 is 9.53 Å². The third kappa shape index (κ3) is 2.35. The Balaban J connectivity index is 2.08. The molecule has 19 heavy (non-hydrogen) atoms. The summed E-state index contributed by atoms with van der Waals surface area (Å²) in [5.74, 6) is 0.281. The summed E-state index contributed by atoms with van der Waals surface area (Å²) in [6.45, 7) is 1.40. The van der Waals surface area contributed by atoms with Gasteiger partial charge in [-0.25, -0.2) is 0 Å². The van der Waals surface area contributed by atoms with E-state index in [9.17, 15) is 4.79 Å². The van der Waals surface area contributed by atoms with Gasteiger partial charge in [-0.2, -0.15) is 0 Å². The smallest absolute Gasteiger partial charge is 0.308 e. The van der Waals surface area contributed by atoms with Crippen LogP contribution in [0.4, 0.5) is 0 Å². The van der Waals surface area contributed by atoms with Crippen molar-refractivity contribution >= 4 is 27.4 Å². The predicted octanol–water partition coefficient (Wildman–Crippen LogP) is 3.89. The fraction of sp³-hybridized carbons (Fsp3) is 0.0667. The maximum atomic E-state index is 10.9. The van der Waals surface area contributed by atoms with Crippen LogP contribution in [0.2, 0.25) is 0 Å². The van der Waals surface area contributed by atoms with Crippen molar-refractivity contribution in [3.8, 4) is 16.9 Å². The number of ether oxygens (including phenoxy) is 1. The first-order chi connectivity index (χ1) is 9.24. The van der Waals surface area contributed by atoms with E-state index >= 15 is 0 Å². The summed E-state index contributed by atoms with van der Waals surface area (Å²) in [7, 11) is 0. The zero-order valence-electron chi connectivity index (χ0n) is 10.3. The van der Waals surface area contributed by atoms with Crippen molar-refractivity contribution in [1.82, 2.24) is 4.98 Å². The number of rotatable bonds is 2. The Hall–Kier alpha value is -2.20. The largest absolute Gasteiger partial charge is 0.427 e. The molecule has 0 spiro atoms. The van der Waals surface area contributed by atoms with Gasteiger partial charge in [0.05, 0.1) is 0 Å². The van der Waals surface area contributed by atoms with Crippen LogP contribution in [0, 0.1) is 0 Å². The predicted molar refractivity (Wildman–Crippen MR) is 76.4 cm³/mol. The van der Waals surface area contributed by atoms with Gasteiger partial charge < -0.3 is 4.74 Å². The van der Waals surface area contributed by atoms with E-state index in [-0.39, 0.29) is 5.97 Å². The monoisotopic (exact) mass is 269 g/mol. The number of fused-ring (bicyclic) bond motifs is 1. The van der Waals surface area contributed by atoms with Gasteiger partial charge in [0.2, 0.25) is 0 Å². The minimum atomic E-state index is -0.302. The van der Waals surface area contributed by atoms with Crippen LogP contribution in [0.1, 0.15) is 6.92 Å². The highest BCUT2D eigenvalue weighted by Gasteiger charge is 2.08. The fourth-order valence-electron chi connectivity index (χ4n) is 1.98. The van der Waals surface area contributed by atoms with Crippen LogP contribution in [-0.4, -0.2) is 11.0 Å². The third-order valence-electron chi connectivity index (χ3n) is 2.78. The first-order valence-electron chi connectivity index (χ1n) is 5.84. The van der Waals surface area contributed by atoms with Crippen molar-refractivity contribution in [2.24, 2.45) is 0 Å². The lowest BCUT2D eigenvalue weighted by Gasteiger charge is -2.02. The van der Waals surface area contributed by atoms with Crippen LogP contribution in [0.15, 0.2) is 48.1 Å². The molecule has 0 atom stereocenters. The molecule has 3 nitrogen and oxygen atoms in total. The number of carbonyl (C=O) groups is 1. The molecule has 3 rings (SSSR count). The maximum Gasteiger partial charge on any atom is 0.308 e. The topological polar surface area (TPSA) is 39.2 Å². The summed E-state index contributed by atoms with van der Waals surface area (Å²) in [6, 6.07) is 9.64. The number of carbonyl (C=O) groups excluding carboxylic acids is 1. The molecule has 0 fully saturated rings. The van der Waals surface area contributed by atoms with Crippen molar-refractivity contribution in [3.63, 3.8) is 0 Å². The number of nitrogens with zero attached hydrogens (tertiary/aromatic N) is 1. The molecule has 0 amide bonds. The lowest BCUT2D eigenvalue weighted by molar-refractivity contribution is -0.131. The molecule has 2 aromatic heterocycles. The molecule has 0 aliphatic rings. The number of hydrogen-bond acceptors (Lipinski definition) is 4. The van der Waals surface area contributed by atoms with Gasteiger partial charge in [-0.05, 0) is 29.6 Å². The molecule has 0 bridgehead atoms. The molecule has 0 saturated carbocycles. The van der Waals surface area contributed by atoms with Gasteiger partial charge in [0.15, 0.2) is 0 Å². The highest BCUT2D eigenvalue weighted by Crippen LogP contribution is 2.35. The maximum absolute atomic E-state index is 10.9. The quantitative estimate of drug-likeness (QED) is 0.523. The zero-order valence-corrected chi connectivity index (χ0v) is 11.1. The molecule has 0 aliphatic heterocycles. The summed E-state index contributed by atoms with van der Waals surface area (Å²) in [5.41, 5.74) is 2.25. The second kappa shape index (κ2) is 4.82. The Kier molecular flexibility index (Phi) is 3.01. The molecule has 0 aliphatic carbocycles. The Morgan fingerprint density at radius 2 is 2.21 bits per heavy atom. The van der Waals surface area contributed by atoms with E-state index in [1.54, 1.807) is 17.5 Å². The van der Waals surface area contributed by atoms with Gasteiger partial charge in [0.25, 0.3) is 0 Å². The van der Waals surface area contributed by atoms with Crippen molar-refractivity contribution in [3.05, 3.63) is 48.1 Å². The first-order valence-corrected chi connectivity index (χ1v) is 6.72. The Morgan fingerprint density at radius 3 is 2.95 bits per heavy atom.